The number of rotatable bonds is 3. The first-order valence-electron chi connectivity index (χ1n) is 5.24. The minimum absolute atomic E-state index is 0.0924. The van der Waals surface area contributed by atoms with Crippen molar-refractivity contribution < 1.29 is 0 Å². The van der Waals surface area contributed by atoms with Crippen molar-refractivity contribution in [3.63, 3.8) is 0 Å². The summed E-state index contributed by atoms with van der Waals surface area (Å²) in [5.41, 5.74) is 4.08. The van der Waals surface area contributed by atoms with Crippen LogP contribution in [0.15, 0.2) is 18.2 Å². The number of hydrazine groups is 1. The molecule has 0 radical (unpaired) electrons. The number of hydrogen-bond acceptors (Lipinski definition) is 2. The van der Waals surface area contributed by atoms with Crippen LogP contribution in [0.2, 0.25) is 10.0 Å². The molecule has 1 atom stereocenters. The normalized spacial score (nSPS) is 13.9. The Labute approximate surface area is 107 Å². The summed E-state index contributed by atoms with van der Waals surface area (Å²) >= 11 is 11.9. The molecule has 90 valence electrons. The van der Waals surface area contributed by atoms with Crippen molar-refractivity contribution in [2.24, 2.45) is 11.3 Å². The van der Waals surface area contributed by atoms with Crippen LogP contribution in [0.25, 0.3) is 0 Å². The molecule has 1 unspecified atom stereocenters. The zero-order valence-corrected chi connectivity index (χ0v) is 11.4. The molecule has 0 saturated carbocycles. The molecule has 0 aromatic heterocycles. The molecule has 0 spiro atoms. The van der Waals surface area contributed by atoms with Crippen molar-refractivity contribution in [3.05, 3.63) is 33.8 Å². The van der Waals surface area contributed by atoms with Crippen molar-refractivity contribution >= 4 is 23.2 Å². The highest BCUT2D eigenvalue weighted by atomic mass is 35.5. The van der Waals surface area contributed by atoms with Gasteiger partial charge >= 0.3 is 0 Å². The molecule has 0 aliphatic carbocycles. The van der Waals surface area contributed by atoms with Gasteiger partial charge in [-0.15, -0.1) is 0 Å². The Kier molecular flexibility index (Phi) is 4.62. The van der Waals surface area contributed by atoms with Crippen LogP contribution < -0.4 is 11.3 Å². The summed E-state index contributed by atoms with van der Waals surface area (Å²) < 4.78 is 0. The molecule has 0 heterocycles. The highest BCUT2D eigenvalue weighted by Crippen LogP contribution is 2.31. The van der Waals surface area contributed by atoms with Crippen LogP contribution >= 0.6 is 23.2 Å². The highest BCUT2D eigenvalue weighted by molar-refractivity contribution is 6.42. The summed E-state index contributed by atoms with van der Waals surface area (Å²) in [5.74, 6) is 5.57. The Morgan fingerprint density at radius 2 is 1.88 bits per heavy atom. The molecule has 16 heavy (non-hydrogen) atoms. The number of halogens is 2. The Balaban J connectivity index is 2.91. The largest absolute Gasteiger partial charge is 0.271 e. The van der Waals surface area contributed by atoms with E-state index in [0.29, 0.717) is 10.0 Å². The summed E-state index contributed by atoms with van der Waals surface area (Å²) in [6.45, 7) is 6.53. The maximum atomic E-state index is 5.99. The summed E-state index contributed by atoms with van der Waals surface area (Å²) in [6, 6.07) is 5.70. The molecule has 0 bridgehead atoms. The quantitative estimate of drug-likeness (QED) is 0.639. The van der Waals surface area contributed by atoms with Crippen LogP contribution in [-0.2, 0) is 0 Å². The number of nitrogens with two attached hydrogens (primary N) is 1. The van der Waals surface area contributed by atoms with Gasteiger partial charge in [0.05, 0.1) is 10.0 Å². The Morgan fingerprint density at radius 1 is 1.25 bits per heavy atom. The molecule has 1 aromatic carbocycles. The summed E-state index contributed by atoms with van der Waals surface area (Å²) in [7, 11) is 0. The van der Waals surface area contributed by atoms with E-state index in [2.05, 4.69) is 26.2 Å². The fourth-order valence-corrected chi connectivity index (χ4v) is 1.92. The number of nitrogens with one attached hydrogen (secondary N) is 1. The van der Waals surface area contributed by atoms with Gasteiger partial charge in [0, 0.05) is 6.04 Å². The van der Waals surface area contributed by atoms with E-state index in [1.807, 2.05) is 12.1 Å². The smallest absolute Gasteiger partial charge is 0.0595 e. The highest BCUT2D eigenvalue weighted by Gasteiger charge is 2.19. The average molecular weight is 261 g/mol. The molecule has 0 aliphatic rings. The van der Waals surface area contributed by atoms with Gasteiger partial charge in [-0.2, -0.15) is 0 Å². The van der Waals surface area contributed by atoms with Crippen LogP contribution in [0.3, 0.4) is 0 Å². The standard InChI is InChI=1S/C12H18Cl2N2/c1-12(2,3)7-11(16-15)8-4-5-9(13)10(14)6-8/h4-6,11,16H,7,15H2,1-3H3. The zero-order chi connectivity index (χ0) is 12.3. The third-order valence-electron chi connectivity index (χ3n) is 2.36. The lowest BCUT2D eigenvalue weighted by Gasteiger charge is -2.26. The fraction of sp³-hybridized carbons (Fsp3) is 0.500. The van der Waals surface area contributed by atoms with E-state index in [0.717, 1.165) is 12.0 Å². The predicted molar refractivity (Wildman–Crippen MR) is 70.6 cm³/mol. The number of hydrogen-bond donors (Lipinski definition) is 2. The maximum Gasteiger partial charge on any atom is 0.0595 e. The molecular formula is C12H18Cl2N2. The third-order valence-corrected chi connectivity index (χ3v) is 3.10. The second-order valence-electron chi connectivity index (χ2n) is 5.16. The van der Waals surface area contributed by atoms with E-state index in [9.17, 15) is 0 Å². The van der Waals surface area contributed by atoms with Crippen LogP contribution in [-0.4, -0.2) is 0 Å². The van der Waals surface area contributed by atoms with Gasteiger partial charge in [-0.25, -0.2) is 0 Å². The molecule has 0 aliphatic heterocycles. The monoisotopic (exact) mass is 260 g/mol. The Hall–Kier alpha value is -0.280. The van der Waals surface area contributed by atoms with Crippen molar-refractivity contribution in [1.29, 1.82) is 0 Å². The van der Waals surface area contributed by atoms with E-state index in [1.165, 1.54) is 0 Å². The van der Waals surface area contributed by atoms with Gasteiger partial charge in [-0.1, -0.05) is 50.0 Å². The van der Waals surface area contributed by atoms with Crippen LogP contribution in [0.5, 0.6) is 0 Å². The molecule has 0 saturated heterocycles. The third kappa shape index (κ3) is 3.95. The number of benzene rings is 1. The molecule has 4 heteroatoms. The average Bonchev–Trinajstić information content (AvgIpc) is 2.17. The second-order valence-corrected chi connectivity index (χ2v) is 5.97. The van der Waals surface area contributed by atoms with Crippen LogP contribution in [0.4, 0.5) is 0 Å². The van der Waals surface area contributed by atoms with Gasteiger partial charge in [0.1, 0.15) is 0 Å². The second kappa shape index (κ2) is 5.37. The van der Waals surface area contributed by atoms with E-state index in [-0.39, 0.29) is 11.5 Å². The summed E-state index contributed by atoms with van der Waals surface area (Å²) in [4.78, 5) is 0. The molecule has 0 fully saturated rings. The molecule has 3 N–H and O–H groups in total. The molecule has 0 amide bonds. The first-order chi connectivity index (χ1) is 7.33. The van der Waals surface area contributed by atoms with Gasteiger partial charge < -0.3 is 0 Å². The lowest BCUT2D eigenvalue weighted by Crippen LogP contribution is -2.31. The van der Waals surface area contributed by atoms with Gasteiger partial charge in [0.15, 0.2) is 0 Å². The maximum absolute atomic E-state index is 5.99. The topological polar surface area (TPSA) is 38.0 Å². The Bertz CT molecular complexity index is 359. The fourth-order valence-electron chi connectivity index (χ4n) is 1.61. The Morgan fingerprint density at radius 3 is 2.31 bits per heavy atom. The minimum Gasteiger partial charge on any atom is -0.271 e. The van der Waals surface area contributed by atoms with Crippen LogP contribution in [0, 0.1) is 5.41 Å². The lowest BCUT2D eigenvalue weighted by atomic mass is 9.86. The predicted octanol–water partition coefficient (Wildman–Crippen LogP) is 3.93. The lowest BCUT2D eigenvalue weighted by molar-refractivity contribution is 0.313. The van der Waals surface area contributed by atoms with Crippen molar-refractivity contribution in [1.82, 2.24) is 5.43 Å². The van der Waals surface area contributed by atoms with Gasteiger partial charge in [0.25, 0.3) is 0 Å². The van der Waals surface area contributed by atoms with E-state index >= 15 is 0 Å². The first-order valence-corrected chi connectivity index (χ1v) is 6.00. The molecule has 1 rings (SSSR count). The van der Waals surface area contributed by atoms with Crippen molar-refractivity contribution in [2.75, 3.05) is 0 Å². The van der Waals surface area contributed by atoms with Crippen LogP contribution in [0.1, 0.15) is 38.8 Å². The summed E-state index contributed by atoms with van der Waals surface area (Å²) in [6.07, 6.45) is 0.932. The molecular weight excluding hydrogens is 243 g/mol. The van der Waals surface area contributed by atoms with E-state index in [4.69, 9.17) is 29.0 Å². The molecule has 2 nitrogen and oxygen atoms in total. The van der Waals surface area contributed by atoms with E-state index < -0.39 is 0 Å². The van der Waals surface area contributed by atoms with Crippen molar-refractivity contribution in [2.45, 2.75) is 33.2 Å². The van der Waals surface area contributed by atoms with Gasteiger partial charge in [-0.3, -0.25) is 11.3 Å². The van der Waals surface area contributed by atoms with E-state index in [1.54, 1.807) is 6.07 Å². The molecule has 1 aromatic rings. The van der Waals surface area contributed by atoms with Gasteiger partial charge in [0.2, 0.25) is 0 Å². The SMILES string of the molecule is CC(C)(C)CC(NN)c1ccc(Cl)c(Cl)c1. The van der Waals surface area contributed by atoms with Gasteiger partial charge in [-0.05, 0) is 29.5 Å². The minimum atomic E-state index is 0.0924. The first kappa shape index (κ1) is 13.8. The van der Waals surface area contributed by atoms with Crippen molar-refractivity contribution in [3.8, 4) is 0 Å². The zero-order valence-electron chi connectivity index (χ0n) is 9.85. The summed E-state index contributed by atoms with van der Waals surface area (Å²) in [5, 5.41) is 1.13.